The van der Waals surface area contributed by atoms with E-state index in [-0.39, 0.29) is 5.82 Å². The Labute approximate surface area is 118 Å². The minimum Gasteiger partial charge on any atom is -0.377 e. The Morgan fingerprint density at radius 2 is 2.25 bits per heavy atom. The summed E-state index contributed by atoms with van der Waals surface area (Å²) in [5, 5.41) is 0.933. The summed E-state index contributed by atoms with van der Waals surface area (Å²) in [5.74, 6) is -0.188. The molecule has 1 aromatic heterocycles. The maximum Gasteiger partial charge on any atom is 0.123 e. The first-order valence-corrected chi connectivity index (χ1v) is 7.28. The summed E-state index contributed by atoms with van der Waals surface area (Å²) in [6.45, 7) is 2.67. The molecular weight excluding hydrogens is 255 g/mol. The molecule has 1 N–H and O–H groups in total. The third-order valence-electron chi connectivity index (χ3n) is 3.87. The Kier molecular flexibility index (Phi) is 4.03. The van der Waals surface area contributed by atoms with Gasteiger partial charge in [-0.3, -0.25) is 4.90 Å². The summed E-state index contributed by atoms with van der Waals surface area (Å²) in [7, 11) is 2.10. The van der Waals surface area contributed by atoms with Gasteiger partial charge in [0.15, 0.2) is 0 Å². The number of benzene rings is 1. The lowest BCUT2D eigenvalue weighted by atomic mass is 10.1. The zero-order valence-corrected chi connectivity index (χ0v) is 11.9. The zero-order valence-electron chi connectivity index (χ0n) is 11.9. The van der Waals surface area contributed by atoms with Crippen molar-refractivity contribution in [1.29, 1.82) is 0 Å². The molecular formula is C16H21FN2O. The Morgan fingerprint density at radius 3 is 3.05 bits per heavy atom. The molecule has 1 unspecified atom stereocenters. The lowest BCUT2D eigenvalue weighted by Gasteiger charge is -2.27. The largest absolute Gasteiger partial charge is 0.377 e. The molecule has 0 saturated carbocycles. The van der Waals surface area contributed by atoms with Gasteiger partial charge in [-0.05, 0) is 50.6 Å². The number of nitrogens with zero attached hydrogens (tertiary/aromatic N) is 1. The summed E-state index contributed by atoms with van der Waals surface area (Å²) in [6.07, 6.45) is 3.97. The fraction of sp³-hybridized carbons (Fsp3) is 0.500. The predicted octanol–water partition coefficient (Wildman–Crippen LogP) is 3.31. The summed E-state index contributed by atoms with van der Waals surface area (Å²) < 4.78 is 18.9. The first kappa shape index (κ1) is 13.6. The molecule has 108 valence electrons. The minimum absolute atomic E-state index is 0.188. The highest BCUT2D eigenvalue weighted by Crippen LogP contribution is 2.18. The van der Waals surface area contributed by atoms with E-state index < -0.39 is 0 Å². The second kappa shape index (κ2) is 5.94. The Morgan fingerprint density at radius 1 is 1.35 bits per heavy atom. The van der Waals surface area contributed by atoms with Crippen LogP contribution in [0.4, 0.5) is 4.39 Å². The lowest BCUT2D eigenvalue weighted by Crippen LogP contribution is -2.33. The number of aromatic amines is 1. The van der Waals surface area contributed by atoms with Gasteiger partial charge in [-0.2, -0.15) is 0 Å². The highest BCUT2D eigenvalue weighted by Gasteiger charge is 2.16. The second-order valence-corrected chi connectivity index (χ2v) is 5.71. The molecule has 0 aliphatic carbocycles. The quantitative estimate of drug-likeness (QED) is 0.928. The van der Waals surface area contributed by atoms with Crippen LogP contribution in [-0.4, -0.2) is 36.2 Å². The van der Waals surface area contributed by atoms with Gasteiger partial charge in [-0.15, -0.1) is 0 Å². The van der Waals surface area contributed by atoms with Crippen molar-refractivity contribution in [2.45, 2.75) is 31.9 Å². The van der Waals surface area contributed by atoms with Crippen LogP contribution in [0.25, 0.3) is 10.9 Å². The van der Waals surface area contributed by atoms with Crippen LogP contribution in [0.2, 0.25) is 0 Å². The molecule has 3 rings (SSSR count). The number of H-pyrrole nitrogens is 1. The molecule has 1 fully saturated rings. The molecule has 3 nitrogen and oxygen atoms in total. The molecule has 2 aromatic rings. The minimum atomic E-state index is -0.188. The summed E-state index contributed by atoms with van der Waals surface area (Å²) >= 11 is 0. The molecule has 1 aliphatic heterocycles. The fourth-order valence-electron chi connectivity index (χ4n) is 2.90. The van der Waals surface area contributed by atoms with Crippen LogP contribution in [0, 0.1) is 5.82 Å². The van der Waals surface area contributed by atoms with E-state index in [2.05, 4.69) is 16.9 Å². The summed E-state index contributed by atoms with van der Waals surface area (Å²) in [6, 6.07) is 6.87. The molecule has 0 spiro atoms. The Balaban J connectivity index is 1.63. The summed E-state index contributed by atoms with van der Waals surface area (Å²) in [4.78, 5) is 5.60. The molecule has 1 atom stereocenters. The van der Waals surface area contributed by atoms with E-state index in [0.717, 1.165) is 42.7 Å². The van der Waals surface area contributed by atoms with Crippen molar-refractivity contribution in [3.8, 4) is 0 Å². The van der Waals surface area contributed by atoms with Crippen molar-refractivity contribution in [3.05, 3.63) is 35.8 Å². The standard InChI is InChI=1S/C16H21FN2O/c1-19(11-15-4-2-3-7-20-15)10-14-9-12-8-13(17)5-6-16(12)18-14/h5-6,8-9,15,18H,2-4,7,10-11H2,1H3. The molecule has 0 amide bonds. The molecule has 4 heteroatoms. The third-order valence-corrected chi connectivity index (χ3v) is 3.87. The maximum atomic E-state index is 13.2. The number of hydrogen-bond acceptors (Lipinski definition) is 2. The smallest absolute Gasteiger partial charge is 0.123 e. The molecule has 2 heterocycles. The number of hydrogen-bond donors (Lipinski definition) is 1. The van der Waals surface area contributed by atoms with E-state index in [0.29, 0.717) is 6.10 Å². The number of halogens is 1. The number of rotatable bonds is 4. The zero-order chi connectivity index (χ0) is 13.9. The molecule has 0 bridgehead atoms. The number of nitrogens with one attached hydrogen (secondary N) is 1. The van der Waals surface area contributed by atoms with Crippen LogP contribution in [0.5, 0.6) is 0 Å². The average Bonchev–Trinajstić information content (AvgIpc) is 2.80. The van der Waals surface area contributed by atoms with Crippen LogP contribution < -0.4 is 0 Å². The number of likely N-dealkylation sites (N-methyl/N-ethyl adjacent to an activating group) is 1. The first-order valence-electron chi connectivity index (χ1n) is 7.28. The van der Waals surface area contributed by atoms with Crippen LogP contribution in [0.15, 0.2) is 24.3 Å². The molecule has 0 radical (unpaired) electrons. The van der Waals surface area contributed by atoms with Crippen LogP contribution >= 0.6 is 0 Å². The normalized spacial score (nSPS) is 19.9. The van der Waals surface area contributed by atoms with Crippen molar-refractivity contribution in [2.24, 2.45) is 0 Å². The topological polar surface area (TPSA) is 28.3 Å². The van der Waals surface area contributed by atoms with Crippen molar-refractivity contribution < 1.29 is 9.13 Å². The highest BCUT2D eigenvalue weighted by atomic mass is 19.1. The average molecular weight is 276 g/mol. The molecule has 1 aromatic carbocycles. The molecule has 1 aliphatic rings. The van der Waals surface area contributed by atoms with E-state index >= 15 is 0 Å². The highest BCUT2D eigenvalue weighted by molar-refractivity contribution is 5.80. The number of aromatic nitrogens is 1. The van der Waals surface area contributed by atoms with Gasteiger partial charge < -0.3 is 9.72 Å². The van der Waals surface area contributed by atoms with E-state index in [1.165, 1.54) is 18.9 Å². The van der Waals surface area contributed by atoms with Gasteiger partial charge in [0, 0.05) is 36.3 Å². The van der Waals surface area contributed by atoms with Gasteiger partial charge in [-0.25, -0.2) is 4.39 Å². The predicted molar refractivity (Wildman–Crippen MR) is 78.2 cm³/mol. The van der Waals surface area contributed by atoms with Crippen molar-refractivity contribution in [3.63, 3.8) is 0 Å². The van der Waals surface area contributed by atoms with Gasteiger partial charge in [0.25, 0.3) is 0 Å². The lowest BCUT2D eigenvalue weighted by molar-refractivity contribution is -0.00271. The van der Waals surface area contributed by atoms with E-state index in [1.807, 2.05) is 6.07 Å². The van der Waals surface area contributed by atoms with Crippen LogP contribution in [0.1, 0.15) is 25.0 Å². The second-order valence-electron chi connectivity index (χ2n) is 5.71. The van der Waals surface area contributed by atoms with Gasteiger partial charge in [-0.1, -0.05) is 0 Å². The summed E-state index contributed by atoms with van der Waals surface area (Å²) in [5.41, 5.74) is 2.10. The Hall–Kier alpha value is -1.39. The van der Waals surface area contributed by atoms with E-state index in [4.69, 9.17) is 4.74 Å². The molecule has 20 heavy (non-hydrogen) atoms. The molecule has 1 saturated heterocycles. The van der Waals surface area contributed by atoms with Gasteiger partial charge in [0.1, 0.15) is 5.82 Å². The van der Waals surface area contributed by atoms with Crippen LogP contribution in [-0.2, 0) is 11.3 Å². The van der Waals surface area contributed by atoms with Gasteiger partial charge >= 0.3 is 0 Å². The SMILES string of the molecule is CN(Cc1cc2cc(F)ccc2[nH]1)CC1CCCCO1. The fourth-order valence-corrected chi connectivity index (χ4v) is 2.90. The van der Waals surface area contributed by atoms with Crippen molar-refractivity contribution in [1.82, 2.24) is 9.88 Å². The Bertz CT molecular complexity index is 575. The maximum absolute atomic E-state index is 13.2. The monoisotopic (exact) mass is 276 g/mol. The number of fused-ring (bicyclic) bond motifs is 1. The van der Waals surface area contributed by atoms with Gasteiger partial charge in [0.05, 0.1) is 6.10 Å². The van der Waals surface area contributed by atoms with E-state index in [1.54, 1.807) is 12.1 Å². The van der Waals surface area contributed by atoms with Crippen molar-refractivity contribution in [2.75, 3.05) is 20.2 Å². The van der Waals surface area contributed by atoms with Crippen molar-refractivity contribution >= 4 is 10.9 Å². The van der Waals surface area contributed by atoms with Gasteiger partial charge in [0.2, 0.25) is 0 Å². The number of ether oxygens (including phenoxy) is 1. The third kappa shape index (κ3) is 3.19. The van der Waals surface area contributed by atoms with E-state index in [9.17, 15) is 4.39 Å². The first-order chi connectivity index (χ1) is 9.70. The van der Waals surface area contributed by atoms with Crippen LogP contribution in [0.3, 0.4) is 0 Å².